The van der Waals surface area contributed by atoms with Crippen molar-refractivity contribution in [1.29, 1.82) is 5.26 Å². The molecule has 176 valence electrons. The van der Waals surface area contributed by atoms with Gasteiger partial charge in [0.15, 0.2) is 6.61 Å². The number of hydrogen-bond acceptors (Lipinski definition) is 8. The number of hydrogen-bond donors (Lipinski definition) is 1. The Morgan fingerprint density at radius 2 is 1.80 bits per heavy atom. The highest BCUT2D eigenvalue weighted by molar-refractivity contribution is 5.74. The molecule has 0 radical (unpaired) electrons. The molecule has 1 heterocycles. The molecule has 35 heavy (non-hydrogen) atoms. The Morgan fingerprint density at radius 1 is 1.09 bits per heavy atom. The van der Waals surface area contributed by atoms with Gasteiger partial charge in [0.2, 0.25) is 5.88 Å². The van der Waals surface area contributed by atoms with Gasteiger partial charge in [-0.3, -0.25) is 10.1 Å². The highest BCUT2D eigenvalue weighted by Gasteiger charge is 2.31. The van der Waals surface area contributed by atoms with Crippen LogP contribution in [0.2, 0.25) is 0 Å². The van der Waals surface area contributed by atoms with Crippen molar-refractivity contribution >= 4 is 11.7 Å². The Labute approximate surface area is 201 Å². The third kappa shape index (κ3) is 4.91. The van der Waals surface area contributed by atoms with Crippen molar-refractivity contribution in [1.82, 2.24) is 0 Å². The van der Waals surface area contributed by atoms with Gasteiger partial charge in [-0.15, -0.1) is 0 Å². The van der Waals surface area contributed by atoms with Gasteiger partial charge in [0, 0.05) is 23.8 Å². The first-order valence-electron chi connectivity index (χ1n) is 10.6. The van der Waals surface area contributed by atoms with Gasteiger partial charge in [0.25, 0.3) is 5.69 Å². The topological polar surface area (TPSA) is 138 Å². The number of nitro benzene ring substituents is 1. The number of fused-ring (bicyclic) bond motifs is 1. The van der Waals surface area contributed by atoms with E-state index in [1.165, 1.54) is 18.2 Å². The molecule has 1 atom stereocenters. The molecule has 1 aliphatic heterocycles. The van der Waals surface area contributed by atoms with E-state index in [0.717, 1.165) is 11.1 Å². The number of non-ortho nitro benzene ring substituents is 1. The summed E-state index contributed by atoms with van der Waals surface area (Å²) in [7, 11) is 0. The van der Waals surface area contributed by atoms with Gasteiger partial charge in [-0.2, -0.15) is 5.26 Å². The number of aryl methyl sites for hydroxylation is 2. The maximum absolute atomic E-state index is 12.3. The Kier molecular flexibility index (Phi) is 6.38. The lowest BCUT2D eigenvalue weighted by molar-refractivity contribution is -0.384. The molecule has 3 aromatic carbocycles. The Morgan fingerprint density at radius 3 is 2.46 bits per heavy atom. The molecule has 1 unspecified atom stereocenters. The fourth-order valence-corrected chi connectivity index (χ4v) is 3.74. The summed E-state index contributed by atoms with van der Waals surface area (Å²) in [5.41, 5.74) is 9.51. The molecule has 0 spiro atoms. The molecule has 0 aliphatic carbocycles. The van der Waals surface area contributed by atoms with Gasteiger partial charge >= 0.3 is 5.97 Å². The molecule has 0 amide bonds. The third-order valence-corrected chi connectivity index (χ3v) is 5.69. The summed E-state index contributed by atoms with van der Waals surface area (Å²) in [6, 6.07) is 18.2. The molecule has 2 N–H and O–H groups in total. The molecule has 0 saturated heterocycles. The lowest BCUT2D eigenvalue weighted by Gasteiger charge is -2.26. The number of rotatable bonds is 6. The molecular formula is C26H21N3O6. The van der Waals surface area contributed by atoms with Crippen molar-refractivity contribution in [3.63, 3.8) is 0 Å². The number of esters is 1. The summed E-state index contributed by atoms with van der Waals surface area (Å²) in [4.78, 5) is 22.8. The van der Waals surface area contributed by atoms with E-state index in [2.05, 4.69) is 6.07 Å². The van der Waals surface area contributed by atoms with Crippen LogP contribution >= 0.6 is 0 Å². The van der Waals surface area contributed by atoms with Crippen LogP contribution in [-0.2, 0) is 4.79 Å². The van der Waals surface area contributed by atoms with E-state index in [9.17, 15) is 20.2 Å². The molecule has 1 aliphatic rings. The van der Waals surface area contributed by atoms with Gasteiger partial charge in [-0.05, 0) is 48.7 Å². The second-order valence-electron chi connectivity index (χ2n) is 7.98. The molecule has 0 aromatic heterocycles. The summed E-state index contributed by atoms with van der Waals surface area (Å²) in [6.07, 6.45) is 0. The average molecular weight is 471 g/mol. The predicted octanol–water partition coefficient (Wildman–Crippen LogP) is 4.41. The van der Waals surface area contributed by atoms with Crippen LogP contribution in [0.25, 0.3) is 0 Å². The Bertz CT molecular complexity index is 1390. The molecule has 0 bridgehead atoms. The number of carbonyl (C=O) groups excluding carboxylic acids is 1. The van der Waals surface area contributed by atoms with Crippen LogP contribution < -0.4 is 19.9 Å². The van der Waals surface area contributed by atoms with Gasteiger partial charge in [0.1, 0.15) is 28.9 Å². The smallest absolute Gasteiger partial charge is 0.349 e. The van der Waals surface area contributed by atoms with E-state index in [-0.39, 0.29) is 29.5 Å². The standard InChI is InChI=1S/C26H21N3O6/c1-15-3-8-19(11-16(15)2)33-14-24(30)34-20-9-10-21-23(12-20)35-26(28)22(13-27)25(21)17-4-6-18(7-5-17)29(31)32/h3-12,25H,14,28H2,1-2H3. The number of carbonyl (C=O) groups is 1. The average Bonchev–Trinajstić information content (AvgIpc) is 2.84. The summed E-state index contributed by atoms with van der Waals surface area (Å²) >= 11 is 0. The monoisotopic (exact) mass is 471 g/mol. The van der Waals surface area contributed by atoms with E-state index in [1.807, 2.05) is 26.0 Å². The second kappa shape index (κ2) is 9.57. The molecular weight excluding hydrogens is 450 g/mol. The van der Waals surface area contributed by atoms with E-state index >= 15 is 0 Å². The number of nitriles is 1. The van der Waals surface area contributed by atoms with Crippen molar-refractivity contribution < 1.29 is 23.9 Å². The lowest BCUT2D eigenvalue weighted by atomic mass is 9.83. The summed E-state index contributed by atoms with van der Waals surface area (Å²) in [5, 5.41) is 20.7. The number of ether oxygens (including phenoxy) is 3. The first kappa shape index (κ1) is 23.3. The lowest BCUT2D eigenvalue weighted by Crippen LogP contribution is -2.21. The maximum Gasteiger partial charge on any atom is 0.349 e. The maximum atomic E-state index is 12.3. The largest absolute Gasteiger partial charge is 0.482 e. The summed E-state index contributed by atoms with van der Waals surface area (Å²) < 4.78 is 16.5. The highest BCUT2D eigenvalue weighted by Crippen LogP contribution is 2.43. The van der Waals surface area contributed by atoms with Crippen LogP contribution in [0.5, 0.6) is 17.2 Å². The van der Waals surface area contributed by atoms with E-state index < -0.39 is 16.8 Å². The normalized spacial score (nSPS) is 14.4. The third-order valence-electron chi connectivity index (χ3n) is 5.69. The summed E-state index contributed by atoms with van der Waals surface area (Å²) in [5.74, 6) is -0.204. The van der Waals surface area contributed by atoms with Crippen molar-refractivity contribution in [2.75, 3.05) is 6.61 Å². The van der Waals surface area contributed by atoms with Crippen molar-refractivity contribution in [3.05, 3.63) is 104 Å². The van der Waals surface area contributed by atoms with Crippen LogP contribution in [0.1, 0.15) is 28.2 Å². The minimum Gasteiger partial charge on any atom is -0.482 e. The van der Waals surface area contributed by atoms with E-state index in [4.69, 9.17) is 19.9 Å². The molecule has 3 aromatic rings. The minimum absolute atomic E-state index is 0.0678. The number of nitrogens with two attached hydrogens (primary N) is 1. The van der Waals surface area contributed by atoms with Crippen LogP contribution in [-0.4, -0.2) is 17.5 Å². The molecule has 0 fully saturated rings. The number of nitro groups is 1. The van der Waals surface area contributed by atoms with Crippen LogP contribution in [0, 0.1) is 35.3 Å². The second-order valence-corrected chi connectivity index (χ2v) is 7.98. The minimum atomic E-state index is -0.605. The first-order chi connectivity index (χ1) is 16.8. The van der Waals surface area contributed by atoms with Crippen molar-refractivity contribution in [2.24, 2.45) is 5.73 Å². The van der Waals surface area contributed by atoms with E-state index in [0.29, 0.717) is 22.6 Å². The number of nitrogens with zero attached hydrogens (tertiary/aromatic N) is 2. The molecule has 9 nitrogen and oxygen atoms in total. The fourth-order valence-electron chi connectivity index (χ4n) is 3.74. The number of benzene rings is 3. The SMILES string of the molecule is Cc1ccc(OCC(=O)Oc2ccc3c(c2)OC(N)=C(C#N)C3c2ccc([N+](=O)[O-])cc2)cc1C. The van der Waals surface area contributed by atoms with Gasteiger partial charge in [0.05, 0.1) is 10.8 Å². The Balaban J connectivity index is 1.54. The van der Waals surface area contributed by atoms with Gasteiger partial charge in [-0.25, -0.2) is 4.79 Å². The van der Waals surface area contributed by atoms with Crippen LogP contribution in [0.15, 0.2) is 72.1 Å². The van der Waals surface area contributed by atoms with Gasteiger partial charge in [-0.1, -0.05) is 24.3 Å². The zero-order chi connectivity index (χ0) is 25.1. The predicted molar refractivity (Wildman–Crippen MR) is 126 cm³/mol. The van der Waals surface area contributed by atoms with Crippen molar-refractivity contribution in [3.8, 4) is 23.3 Å². The van der Waals surface area contributed by atoms with Crippen LogP contribution in [0.4, 0.5) is 5.69 Å². The quantitative estimate of drug-likeness (QED) is 0.241. The zero-order valence-electron chi connectivity index (χ0n) is 19.0. The van der Waals surface area contributed by atoms with Gasteiger partial charge < -0.3 is 19.9 Å². The fraction of sp³-hybridized carbons (Fsp3) is 0.154. The molecule has 9 heteroatoms. The van der Waals surface area contributed by atoms with Crippen molar-refractivity contribution in [2.45, 2.75) is 19.8 Å². The first-order valence-corrected chi connectivity index (χ1v) is 10.6. The van der Waals surface area contributed by atoms with Crippen LogP contribution in [0.3, 0.4) is 0 Å². The molecule has 0 saturated carbocycles. The number of allylic oxidation sites excluding steroid dienone is 1. The van der Waals surface area contributed by atoms with E-state index in [1.54, 1.807) is 30.3 Å². The molecule has 4 rings (SSSR count). The highest BCUT2D eigenvalue weighted by atomic mass is 16.6. The Hall–Kier alpha value is -4.84. The zero-order valence-corrected chi connectivity index (χ0v) is 19.0. The summed E-state index contributed by atoms with van der Waals surface area (Å²) in [6.45, 7) is 3.65.